The van der Waals surface area contributed by atoms with Gasteiger partial charge in [-0.2, -0.15) is 5.10 Å². The van der Waals surface area contributed by atoms with Gasteiger partial charge in [-0.3, -0.25) is 4.79 Å². The average Bonchev–Trinajstić information content (AvgIpc) is 3.32. The number of fused-ring (bicyclic) bond motifs is 1. The summed E-state index contributed by atoms with van der Waals surface area (Å²) in [5, 5.41) is 9.81. The Labute approximate surface area is 163 Å². The van der Waals surface area contributed by atoms with E-state index >= 15 is 0 Å². The molecule has 0 radical (unpaired) electrons. The van der Waals surface area contributed by atoms with Crippen LogP contribution in [-0.2, 0) is 11.2 Å². The lowest BCUT2D eigenvalue weighted by atomic mass is 10.0. The zero-order chi connectivity index (χ0) is 19.0. The van der Waals surface area contributed by atoms with Gasteiger partial charge in [0.15, 0.2) is 5.69 Å². The lowest BCUT2D eigenvalue weighted by Gasteiger charge is -2.12. The Hall–Kier alpha value is -2.31. The molecule has 0 N–H and O–H groups in total. The maximum Gasteiger partial charge on any atom is 0.275 e. The Morgan fingerprint density at radius 2 is 2.04 bits per heavy atom. The zero-order valence-electron chi connectivity index (χ0n) is 15.9. The second-order valence-electron chi connectivity index (χ2n) is 7.35. The van der Waals surface area contributed by atoms with Crippen molar-refractivity contribution in [3.63, 3.8) is 0 Å². The number of nitrogens with zero attached hydrogens (tertiary/aromatic N) is 3. The lowest BCUT2D eigenvalue weighted by Crippen LogP contribution is -2.23. The van der Waals surface area contributed by atoms with E-state index in [9.17, 15) is 4.79 Å². The highest BCUT2D eigenvalue weighted by molar-refractivity contribution is 7.22. The molecule has 1 atom stereocenters. The molecule has 1 fully saturated rings. The SMILES string of the molecule is Cc1ccc(-c2cc3c(CC4CCOC4)nnc(C(=O)N(C)C)c3s2)cc1. The maximum absolute atomic E-state index is 12.6. The van der Waals surface area contributed by atoms with Crippen molar-refractivity contribution in [2.24, 2.45) is 5.92 Å². The molecule has 1 aromatic carbocycles. The molecular formula is C21H23N3O2S. The zero-order valence-corrected chi connectivity index (χ0v) is 16.7. The number of rotatable bonds is 4. The summed E-state index contributed by atoms with van der Waals surface area (Å²) in [6.45, 7) is 3.67. The monoisotopic (exact) mass is 381 g/mol. The van der Waals surface area contributed by atoms with E-state index in [4.69, 9.17) is 4.74 Å². The van der Waals surface area contributed by atoms with Crippen LogP contribution in [0.1, 0.15) is 28.2 Å². The number of aromatic nitrogens is 2. The molecule has 140 valence electrons. The van der Waals surface area contributed by atoms with Gasteiger partial charge in [0.05, 0.1) is 10.4 Å². The van der Waals surface area contributed by atoms with Crippen LogP contribution in [0, 0.1) is 12.8 Å². The largest absolute Gasteiger partial charge is 0.381 e. The quantitative estimate of drug-likeness (QED) is 0.687. The summed E-state index contributed by atoms with van der Waals surface area (Å²) >= 11 is 1.62. The van der Waals surface area contributed by atoms with E-state index in [0.717, 1.165) is 52.3 Å². The minimum Gasteiger partial charge on any atom is -0.381 e. The van der Waals surface area contributed by atoms with Crippen LogP contribution in [0.3, 0.4) is 0 Å². The van der Waals surface area contributed by atoms with Crippen molar-refractivity contribution in [1.29, 1.82) is 0 Å². The van der Waals surface area contributed by atoms with Crippen molar-refractivity contribution in [1.82, 2.24) is 15.1 Å². The second-order valence-corrected chi connectivity index (χ2v) is 8.40. The van der Waals surface area contributed by atoms with Crippen LogP contribution in [0.5, 0.6) is 0 Å². The fraction of sp³-hybridized carbons (Fsp3) is 0.381. The molecule has 2 aromatic heterocycles. The van der Waals surface area contributed by atoms with E-state index in [1.54, 1.807) is 30.3 Å². The van der Waals surface area contributed by atoms with E-state index in [1.165, 1.54) is 5.56 Å². The molecule has 6 heteroatoms. The van der Waals surface area contributed by atoms with Crippen LogP contribution in [0.25, 0.3) is 20.5 Å². The Balaban J connectivity index is 1.83. The average molecular weight is 382 g/mol. The molecule has 1 amide bonds. The summed E-state index contributed by atoms with van der Waals surface area (Å²) in [7, 11) is 3.49. The summed E-state index contributed by atoms with van der Waals surface area (Å²) in [5.74, 6) is 0.362. The van der Waals surface area contributed by atoms with Crippen LogP contribution in [0.2, 0.25) is 0 Å². The van der Waals surface area contributed by atoms with Gasteiger partial charge in [-0.1, -0.05) is 29.8 Å². The van der Waals surface area contributed by atoms with E-state index in [0.29, 0.717) is 11.6 Å². The topological polar surface area (TPSA) is 55.3 Å². The van der Waals surface area contributed by atoms with Gasteiger partial charge < -0.3 is 9.64 Å². The number of amides is 1. The molecule has 0 aliphatic carbocycles. The highest BCUT2D eigenvalue weighted by atomic mass is 32.1. The van der Waals surface area contributed by atoms with Crippen LogP contribution in [0.15, 0.2) is 30.3 Å². The third kappa shape index (κ3) is 3.59. The molecule has 4 rings (SSSR count). The number of hydrogen-bond donors (Lipinski definition) is 0. The number of hydrogen-bond acceptors (Lipinski definition) is 5. The van der Waals surface area contributed by atoms with E-state index in [-0.39, 0.29) is 5.91 Å². The first-order chi connectivity index (χ1) is 13.0. The van der Waals surface area contributed by atoms with Crippen LogP contribution < -0.4 is 0 Å². The minimum absolute atomic E-state index is 0.111. The molecule has 3 aromatic rings. The summed E-state index contributed by atoms with van der Waals surface area (Å²) in [5.41, 5.74) is 3.78. The van der Waals surface area contributed by atoms with Gasteiger partial charge in [0, 0.05) is 37.6 Å². The van der Waals surface area contributed by atoms with Crippen molar-refractivity contribution in [3.05, 3.63) is 47.3 Å². The Bertz CT molecular complexity index is 973. The summed E-state index contributed by atoms with van der Waals surface area (Å²) in [4.78, 5) is 15.3. The fourth-order valence-corrected chi connectivity index (χ4v) is 4.53. The number of aryl methyl sites for hydroxylation is 1. The standard InChI is InChI=1S/C21H23N3O2S/c1-13-4-6-15(7-5-13)18-11-16-17(10-14-8-9-26-12-14)22-23-19(20(16)27-18)21(25)24(2)3/h4-7,11,14H,8-10,12H2,1-3H3. The first-order valence-electron chi connectivity index (χ1n) is 9.18. The van der Waals surface area contributed by atoms with E-state index in [1.807, 2.05) is 0 Å². The van der Waals surface area contributed by atoms with E-state index < -0.39 is 0 Å². The van der Waals surface area contributed by atoms with Crippen molar-refractivity contribution >= 4 is 27.3 Å². The fourth-order valence-electron chi connectivity index (χ4n) is 3.37. The normalized spacial score (nSPS) is 16.8. The predicted octanol–water partition coefficient (Wildman–Crippen LogP) is 3.95. The molecule has 27 heavy (non-hydrogen) atoms. The molecule has 1 aliphatic rings. The third-order valence-electron chi connectivity index (χ3n) is 4.98. The number of ether oxygens (including phenoxy) is 1. The van der Waals surface area contributed by atoms with Gasteiger partial charge >= 0.3 is 0 Å². The molecule has 1 saturated heterocycles. The first kappa shape index (κ1) is 18.1. The molecule has 0 bridgehead atoms. The van der Waals surface area contributed by atoms with Gasteiger partial charge in [-0.15, -0.1) is 16.4 Å². The highest BCUT2D eigenvalue weighted by Crippen LogP contribution is 2.37. The van der Waals surface area contributed by atoms with Crippen molar-refractivity contribution in [2.75, 3.05) is 27.3 Å². The van der Waals surface area contributed by atoms with Crippen molar-refractivity contribution in [3.8, 4) is 10.4 Å². The lowest BCUT2D eigenvalue weighted by molar-refractivity contribution is 0.0823. The summed E-state index contributed by atoms with van der Waals surface area (Å²) in [6, 6.07) is 10.6. The van der Waals surface area contributed by atoms with Crippen molar-refractivity contribution < 1.29 is 9.53 Å². The number of thiophene rings is 1. The van der Waals surface area contributed by atoms with Gasteiger partial charge in [0.2, 0.25) is 0 Å². The number of benzene rings is 1. The second kappa shape index (κ2) is 7.37. The minimum atomic E-state index is -0.111. The number of carbonyl (C=O) groups is 1. The van der Waals surface area contributed by atoms with Gasteiger partial charge in [-0.25, -0.2) is 0 Å². The summed E-state index contributed by atoms with van der Waals surface area (Å²) in [6.07, 6.45) is 1.89. The van der Waals surface area contributed by atoms with Gasteiger partial charge in [-0.05, 0) is 37.3 Å². The Kier molecular flexibility index (Phi) is 4.93. The maximum atomic E-state index is 12.6. The molecular weight excluding hydrogens is 358 g/mol. The Morgan fingerprint density at radius 3 is 2.70 bits per heavy atom. The molecule has 0 saturated carbocycles. The van der Waals surface area contributed by atoms with Crippen LogP contribution >= 0.6 is 11.3 Å². The third-order valence-corrected chi connectivity index (χ3v) is 6.17. The molecule has 5 nitrogen and oxygen atoms in total. The predicted molar refractivity (Wildman–Crippen MR) is 108 cm³/mol. The first-order valence-corrected chi connectivity index (χ1v) is 10.00. The highest BCUT2D eigenvalue weighted by Gasteiger charge is 2.23. The van der Waals surface area contributed by atoms with Crippen molar-refractivity contribution in [2.45, 2.75) is 19.8 Å². The van der Waals surface area contributed by atoms with E-state index in [2.05, 4.69) is 47.5 Å². The molecule has 1 unspecified atom stereocenters. The molecule has 3 heterocycles. The van der Waals surface area contributed by atoms with Crippen LogP contribution in [0.4, 0.5) is 0 Å². The summed E-state index contributed by atoms with van der Waals surface area (Å²) < 4.78 is 6.44. The van der Waals surface area contributed by atoms with Gasteiger partial charge in [0.1, 0.15) is 0 Å². The number of carbonyl (C=O) groups excluding carboxylic acids is 1. The smallest absolute Gasteiger partial charge is 0.275 e. The molecule has 0 spiro atoms. The Morgan fingerprint density at radius 1 is 1.26 bits per heavy atom. The van der Waals surface area contributed by atoms with Gasteiger partial charge in [0.25, 0.3) is 5.91 Å². The van der Waals surface area contributed by atoms with Crippen LogP contribution in [-0.4, -0.2) is 48.3 Å². The molecule has 1 aliphatic heterocycles.